The van der Waals surface area contributed by atoms with Crippen LogP contribution in [-0.4, -0.2) is 42.9 Å². The number of rotatable bonds is 12. The van der Waals surface area contributed by atoms with Gasteiger partial charge >= 0.3 is 11.9 Å². The number of carbonyl (C=O) groups excluding carboxylic acids is 2. The van der Waals surface area contributed by atoms with Crippen LogP contribution in [0, 0.1) is 0 Å². The fourth-order valence-electron chi connectivity index (χ4n) is 5.30. The maximum absolute atomic E-state index is 14.2. The van der Waals surface area contributed by atoms with Gasteiger partial charge in [-0.25, -0.2) is 14.6 Å². The second kappa shape index (κ2) is 15.2. The van der Waals surface area contributed by atoms with Gasteiger partial charge in [-0.3, -0.25) is 9.36 Å². The molecule has 1 aliphatic heterocycles. The number of allylic oxidation sites excluding steroid dienone is 1. The molecule has 3 aromatic carbocycles. The average Bonchev–Trinajstić information content (AvgIpc) is 3.37. The quantitative estimate of drug-likeness (QED) is 0.186. The molecular formula is C37H38N2O8S. The van der Waals surface area contributed by atoms with Crippen LogP contribution in [0.15, 0.2) is 87.8 Å². The minimum absolute atomic E-state index is 0.0802. The molecule has 2 heterocycles. The zero-order chi connectivity index (χ0) is 34.4. The van der Waals surface area contributed by atoms with Crippen LogP contribution in [0.4, 0.5) is 0 Å². The van der Waals surface area contributed by atoms with Gasteiger partial charge in [-0.15, -0.1) is 0 Å². The van der Waals surface area contributed by atoms with Crippen molar-refractivity contribution in [2.24, 2.45) is 4.99 Å². The Morgan fingerprint density at radius 1 is 0.938 bits per heavy atom. The second-order valence-corrected chi connectivity index (χ2v) is 12.1. The molecule has 1 aromatic heterocycles. The van der Waals surface area contributed by atoms with Crippen LogP contribution in [0.5, 0.6) is 17.2 Å². The Morgan fingerprint density at radius 2 is 1.65 bits per heavy atom. The Balaban J connectivity index is 1.54. The molecule has 0 bridgehead atoms. The number of fused-ring (bicyclic) bond motifs is 1. The van der Waals surface area contributed by atoms with E-state index in [2.05, 4.69) is 4.99 Å². The molecule has 1 atom stereocenters. The van der Waals surface area contributed by atoms with Crippen molar-refractivity contribution in [1.82, 2.24) is 4.57 Å². The fraction of sp³-hybridized carbons (Fsp3) is 0.297. The molecule has 5 rings (SSSR count). The Bertz CT molecular complexity index is 2030. The number of hydrogen-bond acceptors (Lipinski definition) is 10. The molecule has 1 aliphatic rings. The van der Waals surface area contributed by atoms with E-state index < -0.39 is 12.0 Å². The highest BCUT2D eigenvalue weighted by atomic mass is 32.1. The van der Waals surface area contributed by atoms with Crippen molar-refractivity contribution >= 4 is 29.4 Å². The van der Waals surface area contributed by atoms with Gasteiger partial charge in [-0.05, 0) is 82.2 Å². The third-order valence-corrected chi connectivity index (χ3v) is 8.43. The zero-order valence-corrected chi connectivity index (χ0v) is 28.6. The molecule has 0 saturated heterocycles. The number of para-hydroxylation sites is 1. The third kappa shape index (κ3) is 7.36. The van der Waals surface area contributed by atoms with Crippen LogP contribution in [0.25, 0.3) is 6.08 Å². The lowest BCUT2D eigenvalue weighted by Crippen LogP contribution is -2.40. The molecule has 250 valence electrons. The summed E-state index contributed by atoms with van der Waals surface area (Å²) in [6.07, 6.45) is 1.69. The van der Waals surface area contributed by atoms with Gasteiger partial charge in [0.05, 0.1) is 53.8 Å². The maximum Gasteiger partial charge on any atom is 0.338 e. The first kappa shape index (κ1) is 34.2. The van der Waals surface area contributed by atoms with E-state index >= 15 is 0 Å². The first-order valence-corrected chi connectivity index (χ1v) is 16.5. The summed E-state index contributed by atoms with van der Waals surface area (Å²) in [5.74, 6) is 0.674. The van der Waals surface area contributed by atoms with E-state index in [0.29, 0.717) is 55.6 Å². The van der Waals surface area contributed by atoms with Crippen molar-refractivity contribution in [2.75, 3.05) is 20.3 Å². The van der Waals surface area contributed by atoms with Crippen LogP contribution in [-0.2, 0) is 20.9 Å². The van der Waals surface area contributed by atoms with E-state index in [9.17, 15) is 14.4 Å². The van der Waals surface area contributed by atoms with Crippen LogP contribution >= 0.6 is 11.3 Å². The van der Waals surface area contributed by atoms with Crippen LogP contribution in [0.2, 0.25) is 0 Å². The molecule has 4 aromatic rings. The maximum atomic E-state index is 14.2. The van der Waals surface area contributed by atoms with Crippen molar-refractivity contribution in [3.8, 4) is 17.2 Å². The van der Waals surface area contributed by atoms with Crippen molar-refractivity contribution in [3.63, 3.8) is 0 Å². The second-order valence-electron chi connectivity index (χ2n) is 11.1. The molecule has 0 spiro atoms. The SMILES string of the molecule is CCOC(=O)C1=C(C)N=c2s/c(=C/c3ccccc3OCc3ccc(C(=O)OCC)cc3)c(=O)n2[C@@H]1c1ccc(OC(C)C)c(OC)c1. The summed E-state index contributed by atoms with van der Waals surface area (Å²) in [7, 11) is 1.54. The van der Waals surface area contributed by atoms with Gasteiger partial charge in [0.1, 0.15) is 12.4 Å². The molecule has 0 aliphatic carbocycles. The highest BCUT2D eigenvalue weighted by molar-refractivity contribution is 7.07. The number of esters is 2. The molecular weight excluding hydrogens is 632 g/mol. The number of aromatic nitrogens is 1. The Kier molecular flexibility index (Phi) is 10.8. The molecule has 0 radical (unpaired) electrons. The summed E-state index contributed by atoms with van der Waals surface area (Å²) in [6, 6.07) is 19.0. The van der Waals surface area contributed by atoms with Crippen molar-refractivity contribution in [2.45, 2.75) is 53.4 Å². The molecule has 0 saturated carbocycles. The molecule has 11 heteroatoms. The fourth-order valence-corrected chi connectivity index (χ4v) is 6.33. The predicted molar refractivity (Wildman–Crippen MR) is 182 cm³/mol. The van der Waals surface area contributed by atoms with Crippen molar-refractivity contribution in [3.05, 3.63) is 120 Å². The van der Waals surface area contributed by atoms with Crippen molar-refractivity contribution in [1.29, 1.82) is 0 Å². The molecule has 0 fully saturated rings. The minimum atomic E-state index is -0.812. The summed E-state index contributed by atoms with van der Waals surface area (Å²) in [4.78, 5) is 44.7. The van der Waals surface area contributed by atoms with E-state index in [-0.39, 0.29) is 36.4 Å². The van der Waals surface area contributed by atoms with Crippen LogP contribution in [0.3, 0.4) is 0 Å². The van der Waals surface area contributed by atoms with E-state index in [1.165, 1.54) is 15.9 Å². The number of nitrogens with zero attached hydrogens (tertiary/aromatic N) is 2. The monoisotopic (exact) mass is 670 g/mol. The standard InChI is InChI=1S/C37H38N2O8S/c1-7-44-35(41)25-15-13-24(14-16-25)21-46-28-12-10-9-11-26(28)20-31-34(40)39-33(27-17-18-29(47-22(3)4)30(19-27)43-6)32(36(42)45-8-2)23(5)38-37(39)48-31/h9-20,22,33H,7-8,21H2,1-6H3/b31-20+/t33-/m1/s1. The topological polar surface area (TPSA) is 115 Å². The first-order valence-electron chi connectivity index (χ1n) is 15.7. The van der Waals surface area contributed by atoms with Crippen molar-refractivity contribution < 1.29 is 33.3 Å². The third-order valence-electron chi connectivity index (χ3n) is 7.45. The summed E-state index contributed by atoms with van der Waals surface area (Å²) in [6.45, 7) is 9.80. The highest BCUT2D eigenvalue weighted by Gasteiger charge is 2.34. The van der Waals surface area contributed by atoms with Gasteiger partial charge < -0.3 is 23.7 Å². The number of benzene rings is 3. The van der Waals surface area contributed by atoms with E-state index in [0.717, 1.165) is 5.56 Å². The summed E-state index contributed by atoms with van der Waals surface area (Å²) in [5.41, 5.74) is 3.09. The van der Waals surface area contributed by atoms with Gasteiger partial charge in [-0.1, -0.05) is 47.7 Å². The largest absolute Gasteiger partial charge is 0.493 e. The number of methoxy groups -OCH3 is 1. The normalized spacial score (nSPS) is 14.3. The van der Waals surface area contributed by atoms with Gasteiger partial charge in [0, 0.05) is 5.56 Å². The average molecular weight is 671 g/mol. The van der Waals surface area contributed by atoms with E-state index in [1.54, 1.807) is 58.2 Å². The van der Waals surface area contributed by atoms with E-state index in [1.807, 2.05) is 56.3 Å². The molecule has 10 nitrogen and oxygen atoms in total. The number of thiazole rings is 1. The summed E-state index contributed by atoms with van der Waals surface area (Å²) >= 11 is 1.23. The van der Waals surface area contributed by atoms with Gasteiger partial charge in [0.25, 0.3) is 5.56 Å². The molecule has 0 amide bonds. The zero-order valence-electron chi connectivity index (χ0n) is 27.8. The number of carbonyl (C=O) groups is 2. The molecule has 48 heavy (non-hydrogen) atoms. The molecule has 0 unspecified atom stereocenters. The van der Waals surface area contributed by atoms with Gasteiger partial charge in [-0.2, -0.15) is 0 Å². The lowest BCUT2D eigenvalue weighted by Gasteiger charge is -2.25. The minimum Gasteiger partial charge on any atom is -0.493 e. The Hall–Kier alpha value is -5.16. The summed E-state index contributed by atoms with van der Waals surface area (Å²) in [5, 5.41) is 0. The Labute approximate surface area is 282 Å². The van der Waals surface area contributed by atoms with Crippen LogP contribution < -0.4 is 29.1 Å². The van der Waals surface area contributed by atoms with Gasteiger partial charge in [0.15, 0.2) is 16.3 Å². The lowest BCUT2D eigenvalue weighted by molar-refractivity contribution is -0.139. The van der Waals surface area contributed by atoms with Crippen LogP contribution in [0.1, 0.15) is 67.7 Å². The van der Waals surface area contributed by atoms with E-state index in [4.69, 9.17) is 23.7 Å². The smallest absolute Gasteiger partial charge is 0.338 e. The molecule has 0 N–H and O–H groups in total. The number of ether oxygens (including phenoxy) is 5. The number of hydrogen-bond donors (Lipinski definition) is 0. The lowest BCUT2D eigenvalue weighted by atomic mass is 9.95. The Morgan fingerprint density at radius 3 is 2.33 bits per heavy atom. The first-order chi connectivity index (χ1) is 23.1. The summed E-state index contributed by atoms with van der Waals surface area (Å²) < 4.78 is 30.1. The predicted octanol–water partition coefficient (Wildman–Crippen LogP) is 5.35. The highest BCUT2D eigenvalue weighted by Crippen LogP contribution is 2.36. The van der Waals surface area contributed by atoms with Gasteiger partial charge in [0.2, 0.25) is 0 Å².